The molecule has 3 heterocycles. The van der Waals surface area contributed by atoms with Crippen molar-refractivity contribution in [3.63, 3.8) is 0 Å². The molecule has 20 heteroatoms. The van der Waals surface area contributed by atoms with Gasteiger partial charge in [0, 0.05) is 52.9 Å². The number of esters is 8. The number of pyridine rings is 1. The van der Waals surface area contributed by atoms with Crippen LogP contribution in [0.15, 0.2) is 48.8 Å². The van der Waals surface area contributed by atoms with E-state index in [-0.39, 0.29) is 16.7 Å². The lowest BCUT2D eigenvalue weighted by Crippen LogP contribution is -2.89. The van der Waals surface area contributed by atoms with Crippen LogP contribution in [0.3, 0.4) is 0 Å². The van der Waals surface area contributed by atoms with Gasteiger partial charge in [-0.3, -0.25) is 29.0 Å². The van der Waals surface area contributed by atoms with Gasteiger partial charge in [0.25, 0.3) is 0 Å². The zero-order valence-electron chi connectivity index (χ0n) is 35.9. The van der Waals surface area contributed by atoms with Gasteiger partial charge in [-0.05, 0) is 44.5 Å². The van der Waals surface area contributed by atoms with Crippen molar-refractivity contribution in [2.75, 3.05) is 13.2 Å². The van der Waals surface area contributed by atoms with Crippen molar-refractivity contribution in [3.05, 3.63) is 65.5 Å². The van der Waals surface area contributed by atoms with Crippen molar-refractivity contribution in [1.29, 1.82) is 0 Å². The molecule has 13 atom stereocenters. The summed E-state index contributed by atoms with van der Waals surface area (Å²) in [6.07, 6.45) is -10.4. The molecular formula is C43H49NO19. The predicted octanol–water partition coefficient (Wildman–Crippen LogP) is 1.44. The van der Waals surface area contributed by atoms with Crippen LogP contribution in [0.25, 0.3) is 0 Å². The number of carbonyl (C=O) groups is 8. The molecule has 0 unspecified atom stereocenters. The molecule has 0 amide bonds. The van der Waals surface area contributed by atoms with Crippen molar-refractivity contribution in [2.24, 2.45) is 11.3 Å². The highest BCUT2D eigenvalue weighted by molar-refractivity contribution is 5.92. The van der Waals surface area contributed by atoms with Crippen molar-refractivity contribution < 1.29 is 91.2 Å². The summed E-state index contributed by atoms with van der Waals surface area (Å²) in [7, 11) is 0. The van der Waals surface area contributed by atoms with E-state index in [9.17, 15) is 48.6 Å². The van der Waals surface area contributed by atoms with Crippen LogP contribution in [0.1, 0.15) is 94.5 Å². The second-order valence-electron chi connectivity index (χ2n) is 16.8. The van der Waals surface area contributed by atoms with Gasteiger partial charge in [-0.15, -0.1) is 0 Å². The Morgan fingerprint density at radius 1 is 0.762 bits per heavy atom. The topological polar surface area (TPSA) is 273 Å². The van der Waals surface area contributed by atoms with Crippen LogP contribution >= 0.6 is 0 Å². The molecule has 1 saturated heterocycles. The van der Waals surface area contributed by atoms with Gasteiger partial charge in [0.15, 0.2) is 35.6 Å². The number of cyclic esters (lactones) is 1. The van der Waals surface area contributed by atoms with E-state index in [0.29, 0.717) is 0 Å². The largest absolute Gasteiger partial charge is 0.465 e. The minimum atomic E-state index is -2.99. The lowest BCUT2D eigenvalue weighted by Gasteiger charge is -2.67. The van der Waals surface area contributed by atoms with Crippen LogP contribution in [0.5, 0.6) is 0 Å². The van der Waals surface area contributed by atoms with Crippen LogP contribution in [-0.4, -0.2) is 135 Å². The fourth-order valence-corrected chi connectivity index (χ4v) is 9.87. The average molecular weight is 884 g/mol. The van der Waals surface area contributed by atoms with E-state index in [1.807, 2.05) is 0 Å². The van der Waals surface area contributed by atoms with Crippen LogP contribution in [0.2, 0.25) is 0 Å². The number of aromatic nitrogens is 1. The normalized spacial score (nSPS) is 36.8. The molecule has 2 N–H and O–H groups in total. The van der Waals surface area contributed by atoms with Gasteiger partial charge in [-0.25, -0.2) is 14.4 Å². The molecule has 1 spiro atoms. The summed E-state index contributed by atoms with van der Waals surface area (Å²) in [5.74, 6) is -12.0. The van der Waals surface area contributed by atoms with E-state index in [1.165, 1.54) is 50.4 Å². The Morgan fingerprint density at radius 3 is 1.90 bits per heavy atom. The minimum Gasteiger partial charge on any atom is -0.465 e. The molecule has 2 aliphatic heterocycles. The highest BCUT2D eigenvalue weighted by atomic mass is 16.7. The van der Waals surface area contributed by atoms with Crippen LogP contribution in [0, 0.1) is 11.3 Å². The second-order valence-corrected chi connectivity index (χ2v) is 16.8. The first-order chi connectivity index (χ1) is 29.4. The number of nitrogens with zero attached hydrogens (tertiary/aromatic N) is 1. The Balaban J connectivity index is 1.81. The van der Waals surface area contributed by atoms with Gasteiger partial charge in [0.1, 0.15) is 42.0 Å². The number of benzene rings is 1. The molecule has 2 saturated carbocycles. The first-order valence-corrected chi connectivity index (χ1v) is 19.9. The van der Waals surface area contributed by atoms with E-state index in [2.05, 4.69) is 4.98 Å². The zero-order valence-corrected chi connectivity index (χ0v) is 35.9. The first kappa shape index (κ1) is 46.5. The SMILES string of the molecule is CC(=O)OC[C@]12[C@H](OC(C)=O)[C@H](OC(C)=O)[C@@H]3[C@@H](OC(C)=O)[C@@]14O[C@@]3(C)COC(=O)c1cnccc1[C@H](C)[C@](C)(O)C(=O)O[C@@H]([C@H](OC(=O)c1ccccc1)[C@@H]2OC(C)=O)[C@]4(C)O. The molecule has 4 bridgehead atoms. The molecule has 1 aromatic carbocycles. The second kappa shape index (κ2) is 16.6. The van der Waals surface area contributed by atoms with Gasteiger partial charge in [-0.1, -0.05) is 25.1 Å². The van der Waals surface area contributed by atoms with Crippen LogP contribution in [-0.2, 0) is 71.4 Å². The van der Waals surface area contributed by atoms with Gasteiger partial charge >= 0.3 is 47.8 Å². The number of rotatable bonds is 8. The van der Waals surface area contributed by atoms with Gasteiger partial charge in [0.2, 0.25) is 0 Å². The summed E-state index contributed by atoms with van der Waals surface area (Å²) in [5.41, 5.74) is -13.6. The molecule has 1 aromatic heterocycles. The predicted molar refractivity (Wildman–Crippen MR) is 207 cm³/mol. The third kappa shape index (κ3) is 7.56. The Labute approximate surface area is 360 Å². The molecule has 20 nitrogen and oxygen atoms in total. The zero-order chi connectivity index (χ0) is 46.6. The summed E-state index contributed by atoms with van der Waals surface area (Å²) in [6.45, 7) is 7.70. The van der Waals surface area contributed by atoms with Crippen molar-refractivity contribution in [3.8, 4) is 0 Å². The molecule has 4 aliphatic rings. The van der Waals surface area contributed by atoms with Gasteiger partial charge in [-0.2, -0.15) is 0 Å². The molecule has 2 aromatic rings. The molecule has 3 fully saturated rings. The highest BCUT2D eigenvalue weighted by Crippen LogP contribution is 2.70. The average Bonchev–Trinajstić information content (AvgIpc) is 3.42. The Morgan fingerprint density at radius 2 is 1.33 bits per heavy atom. The molecule has 6 rings (SSSR count). The number of hydrogen-bond acceptors (Lipinski definition) is 20. The monoisotopic (exact) mass is 883 g/mol. The maximum atomic E-state index is 14.7. The Bertz CT molecular complexity index is 2210. The van der Waals surface area contributed by atoms with E-state index < -0.39 is 137 Å². The van der Waals surface area contributed by atoms with E-state index in [1.54, 1.807) is 6.07 Å². The van der Waals surface area contributed by atoms with Crippen LogP contribution in [0.4, 0.5) is 0 Å². The summed E-state index contributed by atoms with van der Waals surface area (Å²) < 4.78 is 55.0. The molecule has 340 valence electrons. The number of carbonyl (C=O) groups excluding carboxylic acids is 8. The third-order valence-corrected chi connectivity index (χ3v) is 12.6. The smallest absolute Gasteiger partial charge is 0.340 e. The summed E-state index contributed by atoms with van der Waals surface area (Å²) in [5, 5.41) is 25.8. The summed E-state index contributed by atoms with van der Waals surface area (Å²) in [4.78, 5) is 114. The van der Waals surface area contributed by atoms with E-state index in [4.69, 9.17) is 42.6 Å². The molecule has 2 aliphatic carbocycles. The van der Waals surface area contributed by atoms with Crippen molar-refractivity contribution >= 4 is 47.8 Å². The number of aliphatic hydroxyl groups is 2. The quantitative estimate of drug-likeness (QED) is 0.280. The maximum absolute atomic E-state index is 14.7. The Hall–Kier alpha value is -5.99. The first-order valence-electron chi connectivity index (χ1n) is 19.9. The minimum absolute atomic E-state index is 0.0489. The fourth-order valence-electron chi connectivity index (χ4n) is 9.87. The Kier molecular flexibility index (Phi) is 12.3. The molecular weight excluding hydrogens is 834 g/mol. The van der Waals surface area contributed by atoms with E-state index >= 15 is 0 Å². The fraction of sp³-hybridized carbons (Fsp3) is 0.558. The van der Waals surface area contributed by atoms with E-state index in [0.717, 1.165) is 54.7 Å². The highest BCUT2D eigenvalue weighted by Gasteiger charge is 2.92. The lowest BCUT2D eigenvalue weighted by molar-refractivity contribution is -0.386. The standard InChI is InChI=1S/C43H49NO19/c1-20-27-15-16-44-17-28(27)37(51)56-18-39(7)29-30(57-22(3)46)34(59-24(5)48)42(19-55-21(2)45)35(60-25(6)49)31(61-36(50)26-13-11-10-12-14-26)33(62-38(52)40(20,8)53)41(9,54)43(42,63-39)32(29)58-23(4)47/h10-17,20,29-35,53-54H,18-19H2,1-9H3/t20-,29+,30+,31-,32+,33-,34+,35-,39-,40-,41-,42+,43-/m0/s1. The number of ether oxygens (including phenoxy) is 9. The van der Waals surface area contributed by atoms with Gasteiger partial charge < -0.3 is 52.8 Å². The lowest BCUT2D eigenvalue weighted by atomic mass is 9.45. The maximum Gasteiger partial charge on any atom is 0.340 e. The third-order valence-electron chi connectivity index (χ3n) is 12.6. The summed E-state index contributed by atoms with van der Waals surface area (Å²) >= 11 is 0. The van der Waals surface area contributed by atoms with Crippen molar-refractivity contribution in [1.82, 2.24) is 4.98 Å². The number of fused-ring (bicyclic) bond motifs is 5. The van der Waals surface area contributed by atoms with Gasteiger partial charge in [0.05, 0.1) is 17.0 Å². The van der Waals surface area contributed by atoms with Crippen LogP contribution < -0.4 is 0 Å². The summed E-state index contributed by atoms with van der Waals surface area (Å²) in [6, 6.07) is 8.64. The number of hydrogen-bond donors (Lipinski definition) is 2. The molecule has 0 radical (unpaired) electrons. The molecule has 63 heavy (non-hydrogen) atoms. The van der Waals surface area contributed by atoms with Crippen molar-refractivity contribution in [2.45, 2.75) is 127 Å².